The van der Waals surface area contributed by atoms with Crippen molar-refractivity contribution in [1.82, 2.24) is 5.43 Å². The fraction of sp³-hybridized carbons (Fsp3) is 0.375. The second-order valence-corrected chi connectivity index (χ2v) is 4.22. The molecular formula is C8H4F7IN2O. The molecule has 19 heavy (non-hydrogen) atoms. The van der Waals surface area contributed by atoms with E-state index in [1.54, 1.807) is 22.6 Å². The number of hydrogen-bond acceptors (Lipinski definition) is 3. The molecule has 1 aromatic rings. The summed E-state index contributed by atoms with van der Waals surface area (Å²) in [6.07, 6.45) is -5.86. The van der Waals surface area contributed by atoms with Crippen molar-refractivity contribution in [3.05, 3.63) is 21.7 Å². The van der Waals surface area contributed by atoms with Gasteiger partial charge in [0.25, 0.3) is 0 Å². The van der Waals surface area contributed by atoms with E-state index in [0.29, 0.717) is 15.4 Å². The van der Waals surface area contributed by atoms with E-state index in [0.717, 1.165) is 0 Å². The summed E-state index contributed by atoms with van der Waals surface area (Å²) >= 11 is 1.73. The van der Waals surface area contributed by atoms with Gasteiger partial charge in [0.05, 0.1) is 6.21 Å². The molecule has 0 atom stereocenters. The van der Waals surface area contributed by atoms with Crippen molar-refractivity contribution in [3.63, 3.8) is 0 Å². The number of nitrogens with zero attached hydrogens (tertiary/aromatic N) is 1. The van der Waals surface area contributed by atoms with Gasteiger partial charge in [-0.3, -0.25) is 0 Å². The maximum Gasteiger partial charge on any atom is 0.462 e. The first-order valence-corrected chi connectivity index (χ1v) is 5.43. The van der Waals surface area contributed by atoms with E-state index < -0.39 is 18.1 Å². The molecule has 0 aliphatic carbocycles. The number of rotatable bonds is 4. The van der Waals surface area contributed by atoms with Gasteiger partial charge in [0.2, 0.25) is 0 Å². The maximum atomic E-state index is 12.7. The zero-order chi connectivity index (χ0) is 14.9. The van der Waals surface area contributed by atoms with Crippen LogP contribution >= 0.6 is 22.6 Å². The summed E-state index contributed by atoms with van der Waals surface area (Å²) in [5.41, 5.74) is 0.467. The molecule has 1 N–H and O–H groups in total. The van der Waals surface area contributed by atoms with Crippen LogP contribution in [0.3, 0.4) is 0 Å². The normalized spacial score (nSPS) is 14.1. The van der Waals surface area contributed by atoms with E-state index in [1.807, 2.05) is 0 Å². The number of furan rings is 1. The first-order chi connectivity index (χ1) is 8.47. The molecule has 1 aromatic heterocycles. The van der Waals surface area contributed by atoms with Crippen LogP contribution in [0, 0.1) is 3.77 Å². The van der Waals surface area contributed by atoms with Crippen molar-refractivity contribution in [2.24, 2.45) is 5.10 Å². The van der Waals surface area contributed by atoms with Crippen LogP contribution < -0.4 is 5.43 Å². The van der Waals surface area contributed by atoms with Gasteiger partial charge >= 0.3 is 18.1 Å². The van der Waals surface area contributed by atoms with Gasteiger partial charge in [-0.1, -0.05) is 0 Å². The molecule has 108 valence electrons. The van der Waals surface area contributed by atoms with Crippen molar-refractivity contribution in [1.29, 1.82) is 0 Å². The minimum Gasteiger partial charge on any atom is -0.449 e. The largest absolute Gasteiger partial charge is 0.462 e. The lowest BCUT2D eigenvalue weighted by molar-refractivity contribution is -0.361. The molecule has 0 aromatic carbocycles. The molecular weight excluding hydrogens is 400 g/mol. The van der Waals surface area contributed by atoms with Crippen LogP contribution in [0.2, 0.25) is 0 Å². The summed E-state index contributed by atoms with van der Waals surface area (Å²) in [7, 11) is 0. The van der Waals surface area contributed by atoms with E-state index in [1.165, 1.54) is 12.1 Å². The van der Waals surface area contributed by atoms with Crippen LogP contribution in [0.15, 0.2) is 21.7 Å². The van der Waals surface area contributed by atoms with Crippen LogP contribution in [0.4, 0.5) is 30.7 Å². The molecule has 0 amide bonds. The van der Waals surface area contributed by atoms with Crippen molar-refractivity contribution < 1.29 is 35.2 Å². The lowest BCUT2D eigenvalue weighted by Gasteiger charge is -2.27. The first kappa shape index (κ1) is 16.0. The lowest BCUT2D eigenvalue weighted by atomic mass is 10.3. The molecule has 0 saturated carbocycles. The minimum atomic E-state index is -6.40. The minimum absolute atomic E-state index is 0.0944. The molecule has 0 fully saturated rings. The summed E-state index contributed by atoms with van der Waals surface area (Å²) in [6, 6.07) is -2.92. The van der Waals surface area contributed by atoms with Crippen LogP contribution in [0.25, 0.3) is 0 Å². The lowest BCUT2D eigenvalue weighted by Crippen LogP contribution is -2.58. The summed E-state index contributed by atoms with van der Waals surface area (Å²) in [5.74, 6) is -6.35. The Morgan fingerprint density at radius 1 is 1.11 bits per heavy atom. The average molecular weight is 404 g/mol. The summed E-state index contributed by atoms with van der Waals surface area (Å²) in [6.45, 7) is 0. The number of hydrazone groups is 1. The molecule has 0 spiro atoms. The van der Waals surface area contributed by atoms with E-state index in [4.69, 9.17) is 4.42 Å². The van der Waals surface area contributed by atoms with Crippen LogP contribution in [0.1, 0.15) is 5.76 Å². The van der Waals surface area contributed by atoms with Gasteiger partial charge in [-0.05, 0) is 34.7 Å². The second-order valence-electron chi connectivity index (χ2n) is 3.16. The first-order valence-electron chi connectivity index (χ1n) is 4.35. The Labute approximate surface area is 115 Å². The highest BCUT2D eigenvalue weighted by Gasteiger charge is 2.73. The highest BCUT2D eigenvalue weighted by Crippen LogP contribution is 2.44. The zero-order valence-corrected chi connectivity index (χ0v) is 10.8. The Morgan fingerprint density at radius 2 is 1.68 bits per heavy atom. The number of hydrogen-bond donors (Lipinski definition) is 1. The number of alkyl halides is 7. The molecule has 0 radical (unpaired) electrons. The maximum absolute atomic E-state index is 12.7. The second kappa shape index (κ2) is 5.17. The van der Waals surface area contributed by atoms with Gasteiger partial charge in [-0.25, -0.2) is 5.43 Å². The quantitative estimate of drug-likeness (QED) is 0.274. The molecule has 0 aliphatic rings. The standard InChI is InChI=1S/C8H4F7IN2O/c9-6(10,7(11,12)13)8(14,15)18-17-3-4-1-2-5(16)19-4/h1-3,18H/b17-3+. The monoisotopic (exact) mass is 404 g/mol. The Bertz CT molecular complexity index is 468. The Kier molecular flexibility index (Phi) is 4.37. The number of nitrogens with one attached hydrogen (secondary N) is 1. The summed E-state index contributed by atoms with van der Waals surface area (Å²) < 4.78 is 90.5. The average Bonchev–Trinajstić information content (AvgIpc) is 2.62. The highest BCUT2D eigenvalue weighted by atomic mass is 127. The van der Waals surface area contributed by atoms with Crippen molar-refractivity contribution in [2.45, 2.75) is 18.1 Å². The highest BCUT2D eigenvalue weighted by molar-refractivity contribution is 14.1. The fourth-order valence-electron chi connectivity index (χ4n) is 0.823. The summed E-state index contributed by atoms with van der Waals surface area (Å²) in [4.78, 5) is 0. The van der Waals surface area contributed by atoms with E-state index in [9.17, 15) is 30.7 Å². The fourth-order valence-corrected chi connectivity index (χ4v) is 1.26. The molecule has 1 rings (SSSR count). The van der Waals surface area contributed by atoms with Gasteiger partial charge in [0.15, 0.2) is 3.77 Å². The number of halogens is 8. The van der Waals surface area contributed by atoms with Gasteiger partial charge in [-0.15, -0.1) is 0 Å². The Morgan fingerprint density at radius 3 is 2.11 bits per heavy atom. The smallest absolute Gasteiger partial charge is 0.449 e. The SMILES string of the molecule is FC(F)(F)C(F)(F)C(F)(F)N/N=C/c1ccc(I)o1. The zero-order valence-electron chi connectivity index (χ0n) is 8.61. The predicted octanol–water partition coefficient (Wildman–Crippen LogP) is 3.60. The van der Waals surface area contributed by atoms with Crippen molar-refractivity contribution in [2.75, 3.05) is 0 Å². The topological polar surface area (TPSA) is 37.5 Å². The molecule has 0 aliphatic heterocycles. The molecule has 0 unspecified atom stereocenters. The van der Waals surface area contributed by atoms with Gasteiger partial charge < -0.3 is 4.42 Å². The van der Waals surface area contributed by atoms with Gasteiger partial charge in [-0.2, -0.15) is 35.8 Å². The van der Waals surface area contributed by atoms with Crippen LogP contribution in [-0.2, 0) is 0 Å². The molecule has 11 heteroatoms. The van der Waals surface area contributed by atoms with Crippen molar-refractivity contribution in [3.8, 4) is 0 Å². The molecule has 0 bridgehead atoms. The molecule has 3 nitrogen and oxygen atoms in total. The Hall–Kier alpha value is -1.01. The van der Waals surface area contributed by atoms with Gasteiger partial charge in [0, 0.05) is 0 Å². The van der Waals surface area contributed by atoms with E-state index in [-0.39, 0.29) is 5.76 Å². The third-order valence-corrected chi connectivity index (χ3v) is 2.32. The van der Waals surface area contributed by atoms with E-state index in [2.05, 4.69) is 5.10 Å². The molecule has 0 saturated heterocycles. The third kappa shape index (κ3) is 3.51. The summed E-state index contributed by atoms with van der Waals surface area (Å²) in [5, 5.41) is 2.60. The third-order valence-electron chi connectivity index (χ3n) is 1.74. The van der Waals surface area contributed by atoms with Crippen molar-refractivity contribution >= 4 is 28.8 Å². The van der Waals surface area contributed by atoms with Crippen LogP contribution in [0.5, 0.6) is 0 Å². The molecule has 1 heterocycles. The van der Waals surface area contributed by atoms with Gasteiger partial charge in [0.1, 0.15) is 5.76 Å². The predicted molar refractivity (Wildman–Crippen MR) is 58.1 cm³/mol. The van der Waals surface area contributed by atoms with E-state index >= 15 is 0 Å². The Balaban J connectivity index is 2.78. The van der Waals surface area contributed by atoms with Crippen LogP contribution in [-0.4, -0.2) is 24.4 Å².